The summed E-state index contributed by atoms with van der Waals surface area (Å²) in [7, 11) is 0. The fourth-order valence-electron chi connectivity index (χ4n) is 4.18. The van der Waals surface area contributed by atoms with E-state index in [0.717, 1.165) is 12.1 Å². The van der Waals surface area contributed by atoms with E-state index in [-0.39, 0.29) is 48.4 Å². The van der Waals surface area contributed by atoms with E-state index in [2.05, 4.69) is 4.98 Å². The first-order chi connectivity index (χ1) is 13.8. The van der Waals surface area contributed by atoms with Crippen molar-refractivity contribution in [3.63, 3.8) is 0 Å². The van der Waals surface area contributed by atoms with Gasteiger partial charge in [-0.3, -0.25) is 9.59 Å². The number of rotatable bonds is 1. The number of hydrogen-bond acceptors (Lipinski definition) is 5. The molecule has 0 aliphatic carbocycles. The van der Waals surface area contributed by atoms with Crippen molar-refractivity contribution in [2.24, 2.45) is 0 Å². The molecule has 0 spiro atoms. The Morgan fingerprint density at radius 3 is 2.69 bits per heavy atom. The normalized spacial score (nSPS) is 20.3. The number of ketones is 1. The fraction of sp³-hybridized carbons (Fsp3) is 0.286. The van der Waals surface area contributed by atoms with Crippen LogP contribution in [0.2, 0.25) is 0 Å². The van der Waals surface area contributed by atoms with Crippen molar-refractivity contribution >= 4 is 16.7 Å². The van der Waals surface area contributed by atoms with Crippen LogP contribution in [0.3, 0.4) is 0 Å². The number of hydrogen-bond donors (Lipinski definition) is 1. The number of nitrogens with zero attached hydrogens (tertiary/aromatic N) is 2. The molecule has 5 rings (SSSR count). The number of pyridine rings is 2. The van der Waals surface area contributed by atoms with Gasteiger partial charge in [-0.05, 0) is 24.6 Å². The number of halogens is 2. The van der Waals surface area contributed by atoms with Gasteiger partial charge >= 0.3 is 0 Å². The third-order valence-corrected chi connectivity index (χ3v) is 5.81. The number of Topliss-reactive ketones (excluding diaryl/α,β-unsaturated/α-hetero) is 1. The lowest BCUT2D eigenvalue weighted by molar-refractivity contribution is -0.142. The van der Waals surface area contributed by atoms with E-state index >= 15 is 0 Å². The maximum absolute atomic E-state index is 13.7. The molecule has 8 heteroatoms. The minimum Gasteiger partial charge on any atom is -0.377 e. The summed E-state index contributed by atoms with van der Waals surface area (Å²) in [5, 5.41) is 11.5. The Morgan fingerprint density at radius 2 is 1.93 bits per heavy atom. The number of aromatic nitrogens is 2. The first kappa shape index (κ1) is 18.1. The summed E-state index contributed by atoms with van der Waals surface area (Å²) >= 11 is 0. The van der Waals surface area contributed by atoms with Crippen molar-refractivity contribution in [3.8, 4) is 11.4 Å². The predicted octanol–water partition coefficient (Wildman–Crippen LogP) is 2.40. The highest BCUT2D eigenvalue weighted by molar-refractivity contribution is 5.91. The molecule has 0 radical (unpaired) electrons. The van der Waals surface area contributed by atoms with E-state index in [9.17, 15) is 23.5 Å². The number of carbonyl (C=O) groups is 1. The van der Waals surface area contributed by atoms with E-state index in [0.29, 0.717) is 22.3 Å². The fourth-order valence-corrected chi connectivity index (χ4v) is 4.18. The molecular formula is C21H16F2N2O4. The van der Waals surface area contributed by atoms with Crippen molar-refractivity contribution < 1.29 is 23.4 Å². The molecule has 2 aliphatic rings. The van der Waals surface area contributed by atoms with Crippen LogP contribution in [-0.2, 0) is 28.3 Å². The van der Waals surface area contributed by atoms with Crippen LogP contribution in [0, 0.1) is 11.6 Å². The molecule has 1 atom stereocenters. The molecule has 0 fully saturated rings. The summed E-state index contributed by atoms with van der Waals surface area (Å²) in [4.78, 5) is 30.0. The van der Waals surface area contributed by atoms with Crippen molar-refractivity contribution in [2.45, 2.75) is 32.1 Å². The van der Waals surface area contributed by atoms with Crippen LogP contribution in [0.4, 0.5) is 8.78 Å². The van der Waals surface area contributed by atoms with E-state index in [1.165, 1.54) is 4.57 Å². The molecule has 1 aromatic carbocycles. The molecule has 2 aromatic heterocycles. The van der Waals surface area contributed by atoms with Gasteiger partial charge in [-0.2, -0.15) is 0 Å². The summed E-state index contributed by atoms with van der Waals surface area (Å²) in [5.41, 5.74) is 0.0545. The highest BCUT2D eigenvalue weighted by Gasteiger charge is 2.42. The third-order valence-electron chi connectivity index (χ3n) is 5.81. The average Bonchev–Trinajstić information content (AvgIpc) is 2.99. The summed E-state index contributed by atoms with van der Waals surface area (Å²) in [6.45, 7) is 1.51. The smallest absolute Gasteiger partial charge is 0.257 e. The molecule has 148 valence electrons. The topological polar surface area (TPSA) is 81.4 Å². The monoisotopic (exact) mass is 398 g/mol. The largest absolute Gasteiger partial charge is 0.377 e. The maximum Gasteiger partial charge on any atom is 0.257 e. The number of fused-ring (bicyclic) bond motifs is 5. The van der Waals surface area contributed by atoms with E-state index in [1.54, 1.807) is 19.1 Å². The van der Waals surface area contributed by atoms with Gasteiger partial charge in [0.05, 0.1) is 30.1 Å². The van der Waals surface area contributed by atoms with E-state index in [4.69, 9.17) is 4.74 Å². The molecular weight excluding hydrogens is 382 g/mol. The lowest BCUT2D eigenvalue weighted by Gasteiger charge is -2.25. The van der Waals surface area contributed by atoms with Crippen LogP contribution in [0.5, 0.6) is 0 Å². The lowest BCUT2D eigenvalue weighted by atomic mass is 9.85. The number of carbonyl (C=O) groups excluding carboxylic acids is 1. The Kier molecular flexibility index (Phi) is 3.75. The number of benzene rings is 1. The molecule has 0 amide bonds. The summed E-state index contributed by atoms with van der Waals surface area (Å²) in [6.07, 6.45) is 0.0909. The van der Waals surface area contributed by atoms with Gasteiger partial charge in [0.15, 0.2) is 23.0 Å². The zero-order valence-electron chi connectivity index (χ0n) is 15.5. The zero-order chi connectivity index (χ0) is 20.5. The molecule has 6 nitrogen and oxygen atoms in total. The predicted molar refractivity (Wildman–Crippen MR) is 99.3 cm³/mol. The van der Waals surface area contributed by atoms with Crippen LogP contribution in [0.15, 0.2) is 29.1 Å². The quantitative estimate of drug-likeness (QED) is 0.533. The van der Waals surface area contributed by atoms with Gasteiger partial charge in [-0.1, -0.05) is 6.92 Å². The van der Waals surface area contributed by atoms with E-state index < -0.39 is 23.0 Å². The molecule has 0 saturated carbocycles. The van der Waals surface area contributed by atoms with Gasteiger partial charge in [0.1, 0.15) is 6.61 Å². The average molecular weight is 398 g/mol. The molecule has 0 unspecified atom stereocenters. The molecule has 29 heavy (non-hydrogen) atoms. The molecule has 1 N–H and O–H groups in total. The Labute approximate surface area is 163 Å². The summed E-state index contributed by atoms with van der Waals surface area (Å²) in [6, 6.07) is 5.35. The first-order valence-electron chi connectivity index (χ1n) is 9.23. The number of ether oxygens (including phenoxy) is 1. The highest BCUT2D eigenvalue weighted by Crippen LogP contribution is 2.37. The van der Waals surface area contributed by atoms with Gasteiger partial charge in [0, 0.05) is 28.1 Å². The van der Waals surface area contributed by atoms with Crippen LogP contribution < -0.4 is 5.56 Å². The second-order valence-corrected chi connectivity index (χ2v) is 7.40. The minimum atomic E-state index is -1.82. The number of aliphatic hydroxyl groups is 1. The Balaban J connectivity index is 1.80. The zero-order valence-corrected chi connectivity index (χ0v) is 15.5. The van der Waals surface area contributed by atoms with Crippen molar-refractivity contribution in [1.82, 2.24) is 9.55 Å². The minimum absolute atomic E-state index is 0.0787. The van der Waals surface area contributed by atoms with Gasteiger partial charge in [0.25, 0.3) is 5.56 Å². The van der Waals surface area contributed by atoms with Crippen molar-refractivity contribution in [1.29, 1.82) is 0 Å². The van der Waals surface area contributed by atoms with Gasteiger partial charge in [-0.25, -0.2) is 13.8 Å². The molecule has 2 aliphatic heterocycles. The standard InChI is InChI=1S/C21H16F2N2O4/c1-2-21(28)13-5-17-19-11(3-10-4-14(22)15(23)6-16(10)24-19)7-25(17)20(27)12(13)8-29-9-18(21)26/h3-6,28H,2,7-9H2,1H3/t21-/m0/s1. The van der Waals surface area contributed by atoms with Crippen molar-refractivity contribution in [3.05, 3.63) is 62.9 Å². The second-order valence-electron chi connectivity index (χ2n) is 7.40. The van der Waals surface area contributed by atoms with Crippen molar-refractivity contribution in [2.75, 3.05) is 6.61 Å². The van der Waals surface area contributed by atoms with Crippen LogP contribution >= 0.6 is 0 Å². The lowest BCUT2D eigenvalue weighted by Crippen LogP contribution is -2.38. The highest BCUT2D eigenvalue weighted by atomic mass is 19.2. The van der Waals surface area contributed by atoms with Gasteiger partial charge < -0.3 is 14.4 Å². The SMILES string of the molecule is CC[C@@]1(O)C(=O)COCc2c1cc1n(c2=O)Cc2cc3cc(F)c(F)cc3nc2-1. The second kappa shape index (κ2) is 6.01. The summed E-state index contributed by atoms with van der Waals surface area (Å²) in [5.74, 6) is -2.49. The van der Waals surface area contributed by atoms with Crippen LogP contribution in [-0.4, -0.2) is 27.0 Å². The molecule has 4 heterocycles. The summed E-state index contributed by atoms with van der Waals surface area (Å²) < 4.78 is 34.1. The Bertz CT molecular complexity index is 1280. The molecule has 0 bridgehead atoms. The molecule has 0 saturated heterocycles. The van der Waals surface area contributed by atoms with E-state index in [1.807, 2.05) is 0 Å². The van der Waals surface area contributed by atoms with Crippen LogP contribution in [0.1, 0.15) is 30.0 Å². The molecule has 3 aromatic rings. The maximum atomic E-state index is 13.7. The van der Waals surface area contributed by atoms with Gasteiger partial charge in [0.2, 0.25) is 0 Å². The Morgan fingerprint density at radius 1 is 1.17 bits per heavy atom. The third kappa shape index (κ3) is 2.42. The first-order valence-corrected chi connectivity index (χ1v) is 9.23. The van der Waals surface area contributed by atoms with Crippen LogP contribution in [0.25, 0.3) is 22.3 Å². The Hall–Kier alpha value is -2.97. The van der Waals surface area contributed by atoms with Gasteiger partial charge in [-0.15, -0.1) is 0 Å².